The molecule has 0 aromatic carbocycles. The third-order valence-electron chi connectivity index (χ3n) is 2.98. The summed E-state index contributed by atoms with van der Waals surface area (Å²) in [6, 6.07) is 0.226. The minimum absolute atomic E-state index is 0.161. The Morgan fingerprint density at radius 3 is 2.73 bits per heavy atom. The number of nitrogens with one attached hydrogen (secondary N) is 1. The Morgan fingerprint density at radius 2 is 2.20 bits per heavy atom. The molecule has 1 saturated carbocycles. The fraction of sp³-hybridized carbons (Fsp3) is 0.917. The highest BCUT2D eigenvalue weighted by molar-refractivity contribution is 5.76. The number of aliphatic hydroxyl groups is 1. The summed E-state index contributed by atoms with van der Waals surface area (Å²) in [5.74, 6) is 0.793. The van der Waals surface area contributed by atoms with Crippen LogP contribution in [0.1, 0.15) is 51.9 Å². The summed E-state index contributed by atoms with van der Waals surface area (Å²) < 4.78 is 0. The van der Waals surface area contributed by atoms with Crippen molar-refractivity contribution in [1.82, 2.24) is 5.32 Å². The van der Waals surface area contributed by atoms with Crippen LogP contribution in [0.25, 0.3) is 0 Å². The Bertz CT molecular complexity index is 190. The van der Waals surface area contributed by atoms with Crippen LogP contribution in [0.4, 0.5) is 0 Å². The molecule has 0 radical (unpaired) electrons. The predicted octanol–water partition coefficient (Wildman–Crippen LogP) is 1.84. The van der Waals surface area contributed by atoms with Crippen molar-refractivity contribution in [3.8, 4) is 0 Å². The van der Waals surface area contributed by atoms with Crippen molar-refractivity contribution in [2.24, 2.45) is 5.92 Å². The Hall–Kier alpha value is -0.570. The van der Waals surface area contributed by atoms with E-state index in [-0.39, 0.29) is 18.6 Å². The summed E-state index contributed by atoms with van der Waals surface area (Å²) in [5, 5.41) is 11.9. The first-order chi connectivity index (χ1) is 7.27. The van der Waals surface area contributed by atoms with Gasteiger partial charge in [-0.3, -0.25) is 4.79 Å². The van der Waals surface area contributed by atoms with Gasteiger partial charge in [-0.1, -0.05) is 19.8 Å². The maximum Gasteiger partial charge on any atom is 0.220 e. The topological polar surface area (TPSA) is 49.3 Å². The van der Waals surface area contributed by atoms with E-state index in [1.54, 1.807) is 0 Å². The maximum atomic E-state index is 11.5. The fourth-order valence-corrected chi connectivity index (χ4v) is 1.88. The first-order valence-corrected chi connectivity index (χ1v) is 6.18. The van der Waals surface area contributed by atoms with Gasteiger partial charge >= 0.3 is 0 Å². The van der Waals surface area contributed by atoms with Gasteiger partial charge in [-0.15, -0.1) is 0 Å². The molecule has 1 aliphatic carbocycles. The van der Waals surface area contributed by atoms with Gasteiger partial charge in [-0.2, -0.15) is 0 Å². The number of aliphatic hydroxyl groups excluding tert-OH is 1. The van der Waals surface area contributed by atoms with E-state index in [0.717, 1.165) is 19.3 Å². The van der Waals surface area contributed by atoms with E-state index in [2.05, 4.69) is 12.2 Å². The van der Waals surface area contributed by atoms with Crippen LogP contribution >= 0.6 is 0 Å². The van der Waals surface area contributed by atoms with Crippen LogP contribution in [0.3, 0.4) is 0 Å². The van der Waals surface area contributed by atoms with E-state index >= 15 is 0 Å². The molecule has 1 fully saturated rings. The minimum atomic E-state index is 0.161. The van der Waals surface area contributed by atoms with E-state index in [9.17, 15) is 4.79 Å². The van der Waals surface area contributed by atoms with Gasteiger partial charge in [0.15, 0.2) is 0 Å². The van der Waals surface area contributed by atoms with Crippen molar-refractivity contribution in [2.75, 3.05) is 6.61 Å². The van der Waals surface area contributed by atoms with Gasteiger partial charge < -0.3 is 10.4 Å². The molecule has 0 aromatic heterocycles. The summed E-state index contributed by atoms with van der Waals surface area (Å²) in [6.07, 6.45) is 7.03. The fourth-order valence-electron chi connectivity index (χ4n) is 1.88. The minimum Gasteiger partial charge on any atom is -0.396 e. The molecular formula is C12H23NO2. The molecule has 1 rings (SSSR count). The lowest BCUT2D eigenvalue weighted by Gasteiger charge is -2.16. The zero-order chi connectivity index (χ0) is 11.1. The van der Waals surface area contributed by atoms with Crippen LogP contribution in [0.5, 0.6) is 0 Å². The van der Waals surface area contributed by atoms with Crippen molar-refractivity contribution in [3.05, 3.63) is 0 Å². The molecule has 3 heteroatoms. The van der Waals surface area contributed by atoms with Crippen molar-refractivity contribution < 1.29 is 9.90 Å². The molecule has 3 nitrogen and oxygen atoms in total. The lowest BCUT2D eigenvalue weighted by molar-refractivity contribution is -0.122. The Kier molecular flexibility index (Phi) is 5.69. The number of carbonyl (C=O) groups is 1. The Morgan fingerprint density at radius 1 is 1.47 bits per heavy atom. The smallest absolute Gasteiger partial charge is 0.220 e. The Labute approximate surface area is 92.3 Å². The standard InChI is InChI=1S/C12H23NO2/c1-2-3-4-5-12(15)13-11(8-9-14)10-6-7-10/h10-11,14H,2-9H2,1H3,(H,13,15). The molecule has 1 atom stereocenters. The molecule has 1 amide bonds. The molecule has 0 heterocycles. The van der Waals surface area contributed by atoms with Crippen LogP contribution in [0, 0.1) is 5.92 Å². The molecule has 0 saturated heterocycles. The number of amides is 1. The zero-order valence-electron chi connectivity index (χ0n) is 9.67. The molecule has 0 bridgehead atoms. The van der Waals surface area contributed by atoms with E-state index in [0.29, 0.717) is 18.8 Å². The van der Waals surface area contributed by atoms with Crippen LogP contribution in [0.2, 0.25) is 0 Å². The maximum absolute atomic E-state index is 11.5. The van der Waals surface area contributed by atoms with Crippen molar-refractivity contribution in [3.63, 3.8) is 0 Å². The molecule has 2 N–H and O–H groups in total. The van der Waals surface area contributed by atoms with Crippen molar-refractivity contribution >= 4 is 5.91 Å². The highest BCUT2D eigenvalue weighted by Gasteiger charge is 2.31. The number of rotatable bonds is 8. The van der Waals surface area contributed by atoms with Crippen LogP contribution in [-0.2, 0) is 4.79 Å². The molecule has 0 aliphatic heterocycles. The van der Waals surface area contributed by atoms with E-state index in [1.165, 1.54) is 12.8 Å². The lowest BCUT2D eigenvalue weighted by Crippen LogP contribution is -2.36. The third-order valence-corrected chi connectivity index (χ3v) is 2.98. The average molecular weight is 213 g/mol. The summed E-state index contributed by atoms with van der Waals surface area (Å²) in [4.78, 5) is 11.5. The second-order valence-corrected chi connectivity index (χ2v) is 4.48. The SMILES string of the molecule is CCCCCC(=O)NC(CCO)C1CC1. The van der Waals surface area contributed by atoms with Gasteiger partial charge in [0.2, 0.25) is 5.91 Å². The van der Waals surface area contributed by atoms with Crippen LogP contribution in [0.15, 0.2) is 0 Å². The number of unbranched alkanes of at least 4 members (excludes halogenated alkanes) is 2. The van der Waals surface area contributed by atoms with Gasteiger partial charge in [-0.25, -0.2) is 0 Å². The van der Waals surface area contributed by atoms with Gasteiger partial charge in [0.1, 0.15) is 0 Å². The highest BCUT2D eigenvalue weighted by atomic mass is 16.3. The molecular weight excluding hydrogens is 190 g/mol. The molecule has 0 aromatic rings. The second kappa shape index (κ2) is 6.83. The van der Waals surface area contributed by atoms with Gasteiger partial charge in [-0.05, 0) is 31.6 Å². The Balaban J connectivity index is 2.15. The molecule has 88 valence electrons. The molecule has 1 aliphatic rings. The second-order valence-electron chi connectivity index (χ2n) is 4.48. The summed E-state index contributed by atoms with van der Waals surface area (Å²) in [5.41, 5.74) is 0. The van der Waals surface area contributed by atoms with Gasteiger partial charge in [0.05, 0.1) is 0 Å². The summed E-state index contributed by atoms with van der Waals surface area (Å²) in [6.45, 7) is 2.31. The normalized spacial score (nSPS) is 17.5. The predicted molar refractivity (Wildman–Crippen MR) is 60.5 cm³/mol. The monoisotopic (exact) mass is 213 g/mol. The van der Waals surface area contributed by atoms with Crippen LogP contribution in [-0.4, -0.2) is 23.7 Å². The summed E-state index contributed by atoms with van der Waals surface area (Å²) in [7, 11) is 0. The van der Waals surface area contributed by atoms with E-state index < -0.39 is 0 Å². The number of hydrogen-bond acceptors (Lipinski definition) is 2. The van der Waals surface area contributed by atoms with Crippen molar-refractivity contribution in [1.29, 1.82) is 0 Å². The molecule has 15 heavy (non-hydrogen) atoms. The average Bonchev–Trinajstić information content (AvgIpc) is 3.01. The quantitative estimate of drug-likeness (QED) is 0.604. The first-order valence-electron chi connectivity index (χ1n) is 6.18. The zero-order valence-corrected chi connectivity index (χ0v) is 9.67. The molecule has 1 unspecified atom stereocenters. The lowest BCUT2D eigenvalue weighted by atomic mass is 10.1. The number of carbonyl (C=O) groups excluding carboxylic acids is 1. The van der Waals surface area contributed by atoms with E-state index in [1.807, 2.05) is 0 Å². The van der Waals surface area contributed by atoms with Crippen LogP contribution < -0.4 is 5.32 Å². The largest absolute Gasteiger partial charge is 0.396 e. The third kappa shape index (κ3) is 5.17. The molecule has 0 spiro atoms. The highest BCUT2D eigenvalue weighted by Crippen LogP contribution is 2.33. The van der Waals surface area contributed by atoms with E-state index in [4.69, 9.17) is 5.11 Å². The first kappa shape index (κ1) is 12.5. The number of hydrogen-bond donors (Lipinski definition) is 2. The van der Waals surface area contributed by atoms with Crippen molar-refractivity contribution in [2.45, 2.75) is 57.9 Å². The van der Waals surface area contributed by atoms with Gasteiger partial charge in [0.25, 0.3) is 0 Å². The summed E-state index contributed by atoms with van der Waals surface area (Å²) >= 11 is 0. The van der Waals surface area contributed by atoms with Gasteiger partial charge in [0, 0.05) is 19.1 Å².